The van der Waals surface area contributed by atoms with E-state index >= 15 is 0 Å². The summed E-state index contributed by atoms with van der Waals surface area (Å²) in [7, 11) is -2.06. The lowest BCUT2D eigenvalue weighted by Crippen LogP contribution is -2.43. The zero-order valence-electron chi connectivity index (χ0n) is 12.1. The molecule has 20 heavy (non-hydrogen) atoms. The Balaban J connectivity index is 3.08. The molecular weight excluding hydrogens is 280 g/mol. The molecule has 0 radical (unpaired) electrons. The van der Waals surface area contributed by atoms with E-state index < -0.39 is 20.5 Å². The Bertz CT molecular complexity index is 609. The molecule has 3 N–H and O–H groups in total. The first-order valence-corrected chi connectivity index (χ1v) is 7.90. The molecule has 0 aromatic heterocycles. The van der Waals surface area contributed by atoms with E-state index in [4.69, 9.17) is 10.5 Å². The highest BCUT2D eigenvalue weighted by molar-refractivity contribution is 7.92. The van der Waals surface area contributed by atoms with Crippen LogP contribution in [0.1, 0.15) is 19.4 Å². The van der Waals surface area contributed by atoms with Crippen molar-refractivity contribution in [1.82, 2.24) is 0 Å². The van der Waals surface area contributed by atoms with Crippen molar-refractivity contribution in [3.05, 3.63) is 23.8 Å². The Hall–Kier alpha value is -1.60. The predicted octanol–water partition coefficient (Wildman–Crippen LogP) is 0.916. The maximum Gasteiger partial charge on any atom is 0.245 e. The molecule has 0 spiro atoms. The summed E-state index contributed by atoms with van der Waals surface area (Å²) >= 11 is 0. The van der Waals surface area contributed by atoms with E-state index in [1.807, 2.05) is 0 Å². The molecule has 1 aromatic carbocycles. The molecule has 1 amide bonds. The summed E-state index contributed by atoms with van der Waals surface area (Å²) in [6.45, 7) is 3.07. The number of rotatable bonds is 5. The minimum Gasteiger partial charge on any atom is -0.495 e. The topological polar surface area (TPSA) is 98.5 Å². The highest BCUT2D eigenvalue weighted by Gasteiger charge is 2.38. The van der Waals surface area contributed by atoms with Gasteiger partial charge in [-0.2, -0.15) is 0 Å². The molecule has 7 heteroatoms. The number of nitrogens with two attached hydrogens (primary N) is 1. The van der Waals surface area contributed by atoms with Crippen molar-refractivity contribution in [2.24, 2.45) is 5.73 Å². The summed E-state index contributed by atoms with van der Waals surface area (Å²) in [4.78, 5) is 12.1. The second kappa shape index (κ2) is 5.80. The number of carbonyl (C=O) groups excluding carboxylic acids is 1. The van der Waals surface area contributed by atoms with Crippen LogP contribution in [0.5, 0.6) is 5.75 Å². The van der Waals surface area contributed by atoms with Crippen LogP contribution in [0.25, 0.3) is 0 Å². The van der Waals surface area contributed by atoms with Crippen molar-refractivity contribution in [3.8, 4) is 5.75 Å². The lowest BCUT2D eigenvalue weighted by molar-refractivity contribution is -0.117. The fraction of sp³-hybridized carbons (Fsp3) is 0.462. The first kappa shape index (κ1) is 16.5. The molecule has 1 rings (SSSR count). The second-order valence-electron chi connectivity index (χ2n) is 4.98. The van der Waals surface area contributed by atoms with Gasteiger partial charge in [-0.3, -0.25) is 4.79 Å². The van der Waals surface area contributed by atoms with Crippen molar-refractivity contribution in [3.63, 3.8) is 0 Å². The van der Waals surface area contributed by atoms with Crippen LogP contribution >= 0.6 is 0 Å². The van der Waals surface area contributed by atoms with Gasteiger partial charge in [0.1, 0.15) is 10.5 Å². The number of benzene rings is 1. The summed E-state index contributed by atoms with van der Waals surface area (Å²) < 4.78 is 26.9. The van der Waals surface area contributed by atoms with Crippen molar-refractivity contribution in [2.75, 3.05) is 18.7 Å². The van der Waals surface area contributed by atoms with E-state index in [2.05, 4.69) is 5.32 Å². The number of sulfone groups is 1. The van der Waals surface area contributed by atoms with Crippen LogP contribution in [-0.4, -0.2) is 32.4 Å². The summed E-state index contributed by atoms with van der Waals surface area (Å²) in [5.74, 6) is -0.176. The number of carbonyl (C=O) groups is 1. The van der Waals surface area contributed by atoms with Gasteiger partial charge in [0, 0.05) is 12.8 Å². The van der Waals surface area contributed by atoms with Gasteiger partial charge in [-0.05, 0) is 31.5 Å². The first-order valence-electron chi connectivity index (χ1n) is 6.01. The van der Waals surface area contributed by atoms with Crippen LogP contribution in [0.15, 0.2) is 18.2 Å². The number of nitrogens with one attached hydrogen (secondary N) is 1. The van der Waals surface area contributed by atoms with Gasteiger partial charge in [-0.25, -0.2) is 8.42 Å². The molecule has 0 aliphatic rings. The normalized spacial score (nSPS) is 12.1. The Morgan fingerprint density at radius 1 is 1.40 bits per heavy atom. The molecule has 0 saturated carbocycles. The highest BCUT2D eigenvalue weighted by Crippen LogP contribution is 2.27. The quantitative estimate of drug-likeness (QED) is 0.842. The van der Waals surface area contributed by atoms with Gasteiger partial charge >= 0.3 is 0 Å². The zero-order valence-corrected chi connectivity index (χ0v) is 12.9. The summed E-state index contributed by atoms with van der Waals surface area (Å²) in [6.07, 6.45) is 1.03. The lowest BCUT2D eigenvalue weighted by Gasteiger charge is -2.22. The molecular formula is C13H20N2O4S. The monoisotopic (exact) mass is 300 g/mol. The second-order valence-corrected chi connectivity index (χ2v) is 7.54. The number of anilines is 1. The van der Waals surface area contributed by atoms with E-state index in [1.54, 1.807) is 18.2 Å². The van der Waals surface area contributed by atoms with Crippen LogP contribution in [0, 0.1) is 0 Å². The van der Waals surface area contributed by atoms with Crippen molar-refractivity contribution >= 4 is 21.4 Å². The molecule has 0 bridgehead atoms. The molecule has 0 heterocycles. The Morgan fingerprint density at radius 2 is 2.00 bits per heavy atom. The van der Waals surface area contributed by atoms with E-state index in [0.29, 0.717) is 18.0 Å². The molecule has 0 fully saturated rings. The Morgan fingerprint density at radius 3 is 2.45 bits per heavy atom. The minimum absolute atomic E-state index is 0.347. The van der Waals surface area contributed by atoms with Gasteiger partial charge in [0.2, 0.25) is 5.91 Å². The number of hydrogen-bond acceptors (Lipinski definition) is 5. The third-order valence-corrected chi connectivity index (χ3v) is 5.26. The molecule has 1 aromatic rings. The fourth-order valence-corrected chi connectivity index (χ4v) is 1.79. The molecule has 6 nitrogen and oxygen atoms in total. The van der Waals surface area contributed by atoms with E-state index in [0.717, 1.165) is 11.8 Å². The van der Waals surface area contributed by atoms with Crippen LogP contribution in [0.3, 0.4) is 0 Å². The molecule has 112 valence electrons. The standard InChI is InChI=1S/C13H20N2O4S/c1-13(2,20(4,17)18)12(16)15-10-6-5-9(8-14)7-11(10)19-3/h5-7H,8,14H2,1-4H3,(H,15,16). The van der Waals surface area contributed by atoms with Crippen molar-refractivity contribution < 1.29 is 17.9 Å². The van der Waals surface area contributed by atoms with Crippen molar-refractivity contribution in [2.45, 2.75) is 25.1 Å². The largest absolute Gasteiger partial charge is 0.495 e. The zero-order chi connectivity index (χ0) is 15.6. The van der Waals surface area contributed by atoms with Crippen LogP contribution in [0.4, 0.5) is 5.69 Å². The third-order valence-electron chi connectivity index (χ3n) is 3.22. The fourth-order valence-electron chi connectivity index (χ4n) is 1.41. The van der Waals surface area contributed by atoms with Gasteiger partial charge in [0.05, 0.1) is 12.8 Å². The summed E-state index contributed by atoms with van der Waals surface area (Å²) in [5, 5.41) is 2.58. The SMILES string of the molecule is COc1cc(CN)ccc1NC(=O)C(C)(C)S(C)(=O)=O. The Labute approximate surface area is 119 Å². The maximum absolute atomic E-state index is 12.1. The average Bonchev–Trinajstić information content (AvgIpc) is 2.37. The van der Waals surface area contributed by atoms with Crippen LogP contribution in [-0.2, 0) is 21.2 Å². The van der Waals surface area contributed by atoms with Gasteiger partial charge in [0.25, 0.3) is 0 Å². The molecule has 0 atom stereocenters. The van der Waals surface area contributed by atoms with E-state index in [9.17, 15) is 13.2 Å². The first-order chi connectivity index (χ1) is 9.13. The number of methoxy groups -OCH3 is 1. The molecule has 0 unspecified atom stereocenters. The van der Waals surface area contributed by atoms with Crippen LogP contribution < -0.4 is 15.8 Å². The molecule has 0 aliphatic carbocycles. The van der Waals surface area contributed by atoms with Gasteiger partial charge < -0.3 is 15.8 Å². The van der Waals surface area contributed by atoms with Gasteiger partial charge in [0.15, 0.2) is 9.84 Å². The number of hydrogen-bond donors (Lipinski definition) is 2. The van der Waals surface area contributed by atoms with E-state index in [1.165, 1.54) is 21.0 Å². The molecule has 0 saturated heterocycles. The summed E-state index contributed by atoms with van der Waals surface area (Å²) in [6, 6.07) is 5.08. The lowest BCUT2D eigenvalue weighted by atomic mass is 10.1. The molecule has 0 aliphatic heterocycles. The predicted molar refractivity (Wildman–Crippen MR) is 78.4 cm³/mol. The maximum atomic E-state index is 12.1. The minimum atomic E-state index is -3.53. The number of ether oxygens (including phenoxy) is 1. The van der Waals surface area contributed by atoms with Crippen LogP contribution in [0.2, 0.25) is 0 Å². The van der Waals surface area contributed by atoms with E-state index in [-0.39, 0.29) is 0 Å². The highest BCUT2D eigenvalue weighted by atomic mass is 32.2. The Kier molecular flexibility index (Phi) is 4.77. The summed E-state index contributed by atoms with van der Waals surface area (Å²) in [5.41, 5.74) is 6.79. The van der Waals surface area contributed by atoms with Gasteiger partial charge in [-0.15, -0.1) is 0 Å². The average molecular weight is 300 g/mol. The number of amides is 1. The van der Waals surface area contributed by atoms with Crippen molar-refractivity contribution in [1.29, 1.82) is 0 Å². The third kappa shape index (κ3) is 3.29. The van der Waals surface area contributed by atoms with Gasteiger partial charge in [-0.1, -0.05) is 6.07 Å². The smallest absolute Gasteiger partial charge is 0.245 e.